The van der Waals surface area contributed by atoms with Gasteiger partial charge in [0.1, 0.15) is 5.52 Å². The van der Waals surface area contributed by atoms with Crippen LogP contribution in [0.4, 0.5) is 17.1 Å². The van der Waals surface area contributed by atoms with Crippen LogP contribution in [0.25, 0.3) is 66.0 Å². The summed E-state index contributed by atoms with van der Waals surface area (Å²) in [7, 11) is 0. The molecule has 0 spiro atoms. The minimum Gasteiger partial charge on any atom is -0.435 e. The van der Waals surface area contributed by atoms with Crippen LogP contribution >= 0.6 is 0 Å². The quantitative estimate of drug-likeness (QED) is 0.107. The highest BCUT2D eigenvalue weighted by Crippen LogP contribution is 2.49. The van der Waals surface area contributed by atoms with Crippen LogP contribution in [0, 0.1) is 0 Å². The van der Waals surface area contributed by atoms with Crippen molar-refractivity contribution in [3.05, 3.63) is 277 Å². The number of oxazole rings is 1. The molecule has 0 saturated carbocycles. The Hall–Kier alpha value is -8.53. The first-order valence-corrected chi connectivity index (χ1v) is 22.2. The van der Waals surface area contributed by atoms with E-state index in [4.69, 9.17) is 9.40 Å². The summed E-state index contributed by atoms with van der Waals surface area (Å²) in [6.45, 7) is 0. The van der Waals surface area contributed by atoms with Crippen LogP contribution in [0.2, 0.25) is 0 Å². The lowest BCUT2D eigenvalue weighted by atomic mass is 9.65. The molecular weight excluding hydrogens is 789 g/mol. The van der Waals surface area contributed by atoms with Gasteiger partial charge < -0.3 is 9.32 Å². The van der Waals surface area contributed by atoms with Gasteiger partial charge in [-0.05, 0) is 103 Å². The van der Waals surface area contributed by atoms with Gasteiger partial charge in [-0.15, -0.1) is 0 Å². The molecule has 0 amide bonds. The van der Waals surface area contributed by atoms with Gasteiger partial charge in [0.25, 0.3) is 0 Å². The van der Waals surface area contributed by atoms with E-state index in [1.165, 1.54) is 33.0 Å². The lowest BCUT2D eigenvalue weighted by Gasteiger charge is -2.38. The number of rotatable bonds is 9. The van der Waals surface area contributed by atoms with Gasteiger partial charge in [-0.2, -0.15) is 0 Å². The Morgan fingerprint density at radius 3 is 1.63 bits per heavy atom. The zero-order valence-corrected chi connectivity index (χ0v) is 35.6. The van der Waals surface area contributed by atoms with Crippen molar-refractivity contribution in [1.82, 2.24) is 4.98 Å². The molecule has 0 bridgehead atoms. The number of aromatic nitrogens is 1. The third-order valence-corrected chi connectivity index (χ3v) is 13.0. The fourth-order valence-corrected chi connectivity index (χ4v) is 10.1. The number of hydrogen-bond donors (Lipinski definition) is 0. The number of nitrogens with zero attached hydrogens (tertiary/aromatic N) is 2. The van der Waals surface area contributed by atoms with Crippen LogP contribution in [-0.4, -0.2) is 4.98 Å². The van der Waals surface area contributed by atoms with Crippen molar-refractivity contribution >= 4 is 60.5 Å². The van der Waals surface area contributed by atoms with E-state index in [-0.39, 0.29) is 0 Å². The van der Waals surface area contributed by atoms with Gasteiger partial charge in [-0.25, -0.2) is 4.98 Å². The fourth-order valence-electron chi connectivity index (χ4n) is 10.1. The van der Waals surface area contributed by atoms with Crippen LogP contribution < -0.4 is 4.90 Å². The van der Waals surface area contributed by atoms with Crippen molar-refractivity contribution in [2.24, 2.45) is 0 Å². The van der Waals surface area contributed by atoms with Gasteiger partial charge in [0, 0.05) is 27.9 Å². The monoisotopic (exact) mass is 830 g/mol. The van der Waals surface area contributed by atoms with Crippen LogP contribution in [0.15, 0.2) is 259 Å². The molecule has 1 heterocycles. The third-order valence-electron chi connectivity index (χ3n) is 13.0. The summed E-state index contributed by atoms with van der Waals surface area (Å²) in [6.07, 6.45) is 0. The number of hydrogen-bond acceptors (Lipinski definition) is 3. The van der Waals surface area contributed by atoms with Crippen molar-refractivity contribution < 1.29 is 4.42 Å². The standard InChI is InChI=1S/C62H42N2O/c1-5-20-46(21-6-1)61-63-57-40-38-45-36-35-44-37-39-52(42-56(44)59(45)60(57)65-61)64(58-34-16-15-32-55(58)54-33-17-22-43-19-13-14-31-53(43)54)51-30-18-29-50(41-51)62(47-23-7-2-8-24-47,48-25-9-3-10-26-48)49-27-11-4-12-28-49/h1-42H. The molecule has 11 aromatic carbocycles. The van der Waals surface area contributed by atoms with Gasteiger partial charge in [0.2, 0.25) is 5.89 Å². The van der Waals surface area contributed by atoms with E-state index in [2.05, 4.69) is 229 Å². The van der Waals surface area contributed by atoms with Gasteiger partial charge in [0.05, 0.1) is 11.1 Å². The zero-order valence-electron chi connectivity index (χ0n) is 35.6. The number of para-hydroxylation sites is 1. The molecule has 0 unspecified atom stereocenters. The van der Waals surface area contributed by atoms with Crippen LogP contribution in [0.5, 0.6) is 0 Å². The molecule has 0 aliphatic rings. The molecule has 1 aromatic heterocycles. The summed E-state index contributed by atoms with van der Waals surface area (Å²) in [6, 6.07) is 91.7. The second-order valence-corrected chi connectivity index (χ2v) is 16.6. The molecule has 3 heteroatoms. The first-order chi connectivity index (χ1) is 32.2. The minimum atomic E-state index is -0.630. The summed E-state index contributed by atoms with van der Waals surface area (Å²) >= 11 is 0. The van der Waals surface area contributed by atoms with Gasteiger partial charge >= 0.3 is 0 Å². The molecule has 0 aliphatic heterocycles. The highest BCUT2D eigenvalue weighted by atomic mass is 16.3. The average Bonchev–Trinajstić information content (AvgIpc) is 3.83. The lowest BCUT2D eigenvalue weighted by Crippen LogP contribution is -2.31. The molecule has 0 fully saturated rings. The summed E-state index contributed by atoms with van der Waals surface area (Å²) in [5.74, 6) is 0.613. The second kappa shape index (κ2) is 16.0. The third kappa shape index (κ3) is 6.48. The molecule has 0 radical (unpaired) electrons. The van der Waals surface area contributed by atoms with Crippen LogP contribution in [-0.2, 0) is 5.41 Å². The topological polar surface area (TPSA) is 29.3 Å². The van der Waals surface area contributed by atoms with E-state index in [9.17, 15) is 0 Å². The Labute approximate surface area is 378 Å². The highest BCUT2D eigenvalue weighted by molar-refractivity contribution is 6.19. The summed E-state index contributed by atoms with van der Waals surface area (Å²) in [5, 5.41) is 6.77. The van der Waals surface area contributed by atoms with E-state index in [0.717, 1.165) is 66.4 Å². The predicted molar refractivity (Wildman–Crippen MR) is 270 cm³/mol. The van der Waals surface area contributed by atoms with Gasteiger partial charge in [0.15, 0.2) is 5.58 Å². The van der Waals surface area contributed by atoms with E-state index in [1.54, 1.807) is 0 Å². The Morgan fingerprint density at radius 2 is 0.892 bits per heavy atom. The Bertz CT molecular complexity index is 3550. The first kappa shape index (κ1) is 38.2. The molecule has 65 heavy (non-hydrogen) atoms. The number of fused-ring (bicyclic) bond motifs is 6. The molecule has 0 atom stereocenters. The molecular formula is C62H42N2O. The summed E-state index contributed by atoms with van der Waals surface area (Å²) < 4.78 is 6.72. The van der Waals surface area contributed by atoms with Gasteiger partial charge in [-0.1, -0.05) is 206 Å². The normalized spacial score (nSPS) is 11.7. The SMILES string of the molecule is c1ccc(-c2nc3ccc4ccc5ccc(N(c6cccc(C(c7ccccc7)(c7ccccc7)c7ccccc7)c6)c6ccccc6-c6cccc7ccccc67)cc5c4c3o2)cc1. The molecule has 0 aliphatic carbocycles. The van der Waals surface area contributed by atoms with E-state index < -0.39 is 5.41 Å². The van der Waals surface area contributed by atoms with E-state index >= 15 is 0 Å². The van der Waals surface area contributed by atoms with Gasteiger partial charge in [-0.3, -0.25) is 0 Å². The molecule has 306 valence electrons. The molecule has 12 aromatic rings. The van der Waals surface area contributed by atoms with E-state index in [1.807, 2.05) is 30.3 Å². The first-order valence-electron chi connectivity index (χ1n) is 22.2. The summed E-state index contributed by atoms with van der Waals surface area (Å²) in [4.78, 5) is 7.44. The second-order valence-electron chi connectivity index (χ2n) is 16.6. The Kier molecular flexibility index (Phi) is 9.39. The fraction of sp³-hybridized carbons (Fsp3) is 0.0161. The van der Waals surface area contributed by atoms with Crippen molar-refractivity contribution in [2.75, 3.05) is 4.90 Å². The molecule has 12 rings (SSSR count). The maximum absolute atomic E-state index is 6.72. The van der Waals surface area contributed by atoms with Crippen molar-refractivity contribution in [1.29, 1.82) is 0 Å². The van der Waals surface area contributed by atoms with Crippen molar-refractivity contribution in [2.45, 2.75) is 5.41 Å². The van der Waals surface area contributed by atoms with Crippen molar-refractivity contribution in [3.8, 4) is 22.6 Å². The minimum absolute atomic E-state index is 0.613. The molecule has 0 N–H and O–H groups in total. The Balaban J connectivity index is 1.14. The average molecular weight is 831 g/mol. The number of anilines is 3. The number of benzene rings is 11. The molecule has 3 nitrogen and oxygen atoms in total. The van der Waals surface area contributed by atoms with Crippen LogP contribution in [0.3, 0.4) is 0 Å². The van der Waals surface area contributed by atoms with Crippen molar-refractivity contribution in [3.63, 3.8) is 0 Å². The smallest absolute Gasteiger partial charge is 0.227 e. The lowest BCUT2D eigenvalue weighted by molar-refractivity contribution is 0.623. The highest BCUT2D eigenvalue weighted by Gasteiger charge is 2.38. The van der Waals surface area contributed by atoms with E-state index in [0.29, 0.717) is 5.89 Å². The largest absolute Gasteiger partial charge is 0.435 e. The maximum atomic E-state index is 6.72. The van der Waals surface area contributed by atoms with Crippen LogP contribution in [0.1, 0.15) is 22.3 Å². The predicted octanol–water partition coefficient (Wildman–Crippen LogP) is 16.5. The maximum Gasteiger partial charge on any atom is 0.227 e. The molecule has 0 saturated heterocycles. The Morgan fingerprint density at radius 1 is 0.369 bits per heavy atom. The summed E-state index contributed by atoms with van der Waals surface area (Å²) in [5.41, 5.74) is 12.1. The zero-order chi connectivity index (χ0) is 43.2.